The molecule has 0 spiro atoms. The molecule has 1 saturated carbocycles. The smallest absolute Gasteiger partial charge is 0.226 e. The van der Waals surface area contributed by atoms with E-state index in [1.54, 1.807) is 0 Å². The van der Waals surface area contributed by atoms with E-state index in [0.717, 1.165) is 29.7 Å². The summed E-state index contributed by atoms with van der Waals surface area (Å²) in [7, 11) is 0. The first kappa shape index (κ1) is 19.0. The van der Waals surface area contributed by atoms with Gasteiger partial charge in [-0.3, -0.25) is 4.79 Å². The fourth-order valence-corrected chi connectivity index (χ4v) is 4.19. The molecule has 0 saturated heterocycles. The van der Waals surface area contributed by atoms with Crippen molar-refractivity contribution in [3.05, 3.63) is 65.2 Å². The molecule has 0 atom stereocenters. The average molecular weight is 380 g/mol. The minimum Gasteiger partial charge on any atom is -0.491 e. The monoisotopic (exact) mass is 379 g/mol. The molecule has 4 heteroatoms. The van der Waals surface area contributed by atoms with Crippen molar-refractivity contribution in [2.24, 2.45) is 5.92 Å². The quantitative estimate of drug-likeness (QED) is 0.755. The van der Waals surface area contributed by atoms with Crippen LogP contribution in [0.3, 0.4) is 0 Å². The van der Waals surface area contributed by atoms with Gasteiger partial charge in [0.2, 0.25) is 5.91 Å². The van der Waals surface area contributed by atoms with E-state index in [4.69, 9.17) is 9.47 Å². The van der Waals surface area contributed by atoms with Crippen LogP contribution in [0.15, 0.2) is 48.5 Å². The zero-order chi connectivity index (χ0) is 19.2. The van der Waals surface area contributed by atoms with Crippen molar-refractivity contribution in [2.45, 2.75) is 51.9 Å². The van der Waals surface area contributed by atoms with Crippen molar-refractivity contribution in [3.63, 3.8) is 0 Å². The van der Waals surface area contributed by atoms with Crippen LogP contribution >= 0.6 is 0 Å². The van der Waals surface area contributed by atoms with Crippen LogP contribution in [0.25, 0.3) is 0 Å². The van der Waals surface area contributed by atoms with Crippen LogP contribution in [0, 0.1) is 5.92 Å². The first-order valence-corrected chi connectivity index (χ1v) is 10.4. The normalized spacial score (nSPS) is 17.5. The van der Waals surface area contributed by atoms with Crippen molar-refractivity contribution in [2.75, 3.05) is 13.2 Å². The van der Waals surface area contributed by atoms with Gasteiger partial charge < -0.3 is 14.4 Å². The van der Waals surface area contributed by atoms with Crippen molar-refractivity contribution < 1.29 is 14.3 Å². The zero-order valence-corrected chi connectivity index (χ0v) is 16.4. The lowest BCUT2D eigenvalue weighted by Crippen LogP contribution is -2.37. The number of amides is 1. The van der Waals surface area contributed by atoms with Crippen LogP contribution in [-0.4, -0.2) is 24.0 Å². The largest absolute Gasteiger partial charge is 0.491 e. The number of ether oxygens (including phenoxy) is 2. The van der Waals surface area contributed by atoms with Crippen LogP contribution < -0.4 is 4.74 Å². The average Bonchev–Trinajstić information content (AvgIpc) is 2.97. The molecule has 2 aliphatic rings. The van der Waals surface area contributed by atoms with E-state index in [9.17, 15) is 4.79 Å². The maximum atomic E-state index is 13.0. The molecule has 0 N–H and O–H groups in total. The second kappa shape index (κ2) is 9.24. The maximum Gasteiger partial charge on any atom is 0.226 e. The Morgan fingerprint density at radius 1 is 1.00 bits per heavy atom. The highest BCUT2D eigenvalue weighted by molar-refractivity contribution is 5.79. The van der Waals surface area contributed by atoms with Gasteiger partial charge in [0.1, 0.15) is 12.4 Å². The molecule has 4 nitrogen and oxygen atoms in total. The SMILES string of the molecule is O=C(C1CCCCC1)N1CCOc2ccc(COCc3ccccc3)cc2C1. The number of hydrogen-bond acceptors (Lipinski definition) is 3. The van der Waals surface area contributed by atoms with Crippen molar-refractivity contribution in [3.8, 4) is 5.75 Å². The number of hydrogen-bond donors (Lipinski definition) is 0. The molecule has 4 rings (SSSR count). The molecular formula is C24H29NO3. The number of nitrogens with zero attached hydrogens (tertiary/aromatic N) is 1. The van der Waals surface area contributed by atoms with Gasteiger partial charge in [-0.1, -0.05) is 55.7 Å². The Hall–Kier alpha value is -2.33. The second-order valence-corrected chi connectivity index (χ2v) is 7.86. The summed E-state index contributed by atoms with van der Waals surface area (Å²) in [5.41, 5.74) is 3.37. The van der Waals surface area contributed by atoms with Gasteiger partial charge in [0.15, 0.2) is 0 Å². The summed E-state index contributed by atoms with van der Waals surface area (Å²) in [6, 6.07) is 16.4. The number of fused-ring (bicyclic) bond motifs is 1. The highest BCUT2D eigenvalue weighted by Gasteiger charge is 2.28. The minimum absolute atomic E-state index is 0.202. The molecule has 1 amide bonds. The third-order valence-corrected chi connectivity index (χ3v) is 5.75. The first-order valence-electron chi connectivity index (χ1n) is 10.4. The first-order chi connectivity index (χ1) is 13.8. The Labute approximate surface area is 167 Å². The van der Waals surface area contributed by atoms with Gasteiger partial charge in [-0.2, -0.15) is 0 Å². The van der Waals surface area contributed by atoms with Gasteiger partial charge in [0.05, 0.1) is 19.8 Å². The molecule has 28 heavy (non-hydrogen) atoms. The van der Waals surface area contributed by atoms with Crippen LogP contribution in [-0.2, 0) is 29.3 Å². The number of carbonyl (C=O) groups is 1. The van der Waals surface area contributed by atoms with Crippen LogP contribution in [0.2, 0.25) is 0 Å². The Kier molecular flexibility index (Phi) is 6.27. The fraction of sp³-hybridized carbons (Fsp3) is 0.458. The molecule has 0 unspecified atom stereocenters. The van der Waals surface area contributed by atoms with Crippen LogP contribution in [0.4, 0.5) is 0 Å². The van der Waals surface area contributed by atoms with E-state index < -0.39 is 0 Å². The lowest BCUT2D eigenvalue weighted by Gasteiger charge is -2.28. The number of benzene rings is 2. The Bertz CT molecular complexity index is 784. The summed E-state index contributed by atoms with van der Waals surface area (Å²) in [5.74, 6) is 1.40. The van der Waals surface area contributed by atoms with E-state index in [2.05, 4.69) is 24.3 Å². The number of rotatable bonds is 5. The third kappa shape index (κ3) is 4.74. The molecule has 0 aromatic heterocycles. The van der Waals surface area contributed by atoms with Gasteiger partial charge in [-0.25, -0.2) is 0 Å². The third-order valence-electron chi connectivity index (χ3n) is 5.75. The van der Waals surface area contributed by atoms with Gasteiger partial charge in [0, 0.05) is 18.0 Å². The van der Waals surface area contributed by atoms with Gasteiger partial charge in [-0.05, 0) is 36.1 Å². The molecule has 1 aliphatic carbocycles. The van der Waals surface area contributed by atoms with E-state index in [-0.39, 0.29) is 5.92 Å². The summed E-state index contributed by atoms with van der Waals surface area (Å²) in [4.78, 5) is 15.0. The van der Waals surface area contributed by atoms with Crippen molar-refractivity contribution >= 4 is 5.91 Å². The Balaban J connectivity index is 1.39. The molecule has 1 fully saturated rings. The second-order valence-electron chi connectivity index (χ2n) is 7.86. The topological polar surface area (TPSA) is 38.8 Å². The molecule has 1 heterocycles. The Morgan fingerprint density at radius 3 is 2.61 bits per heavy atom. The predicted octanol–water partition coefficient (Wildman–Crippen LogP) is 4.70. The maximum absolute atomic E-state index is 13.0. The van der Waals surface area contributed by atoms with E-state index in [1.165, 1.54) is 24.8 Å². The predicted molar refractivity (Wildman–Crippen MR) is 109 cm³/mol. The van der Waals surface area contributed by atoms with Gasteiger partial charge >= 0.3 is 0 Å². The highest BCUT2D eigenvalue weighted by Crippen LogP contribution is 2.29. The summed E-state index contributed by atoms with van der Waals surface area (Å²) >= 11 is 0. The summed E-state index contributed by atoms with van der Waals surface area (Å²) in [6.45, 7) is 3.02. The molecule has 148 valence electrons. The van der Waals surface area contributed by atoms with Gasteiger partial charge in [-0.15, -0.1) is 0 Å². The van der Waals surface area contributed by atoms with Gasteiger partial charge in [0.25, 0.3) is 0 Å². The molecule has 1 aliphatic heterocycles. The van der Waals surface area contributed by atoms with Crippen LogP contribution in [0.5, 0.6) is 5.75 Å². The summed E-state index contributed by atoms with van der Waals surface area (Å²) < 4.78 is 11.8. The summed E-state index contributed by atoms with van der Waals surface area (Å²) in [6.07, 6.45) is 5.70. The molecule has 2 aromatic rings. The van der Waals surface area contributed by atoms with Crippen LogP contribution in [0.1, 0.15) is 48.8 Å². The number of carbonyl (C=O) groups excluding carboxylic acids is 1. The molecule has 0 bridgehead atoms. The van der Waals surface area contributed by atoms with Crippen molar-refractivity contribution in [1.82, 2.24) is 4.90 Å². The van der Waals surface area contributed by atoms with E-state index in [0.29, 0.717) is 38.8 Å². The molecule has 2 aromatic carbocycles. The highest BCUT2D eigenvalue weighted by atomic mass is 16.5. The lowest BCUT2D eigenvalue weighted by molar-refractivity contribution is -0.137. The molecule has 0 radical (unpaired) electrons. The van der Waals surface area contributed by atoms with Crippen molar-refractivity contribution in [1.29, 1.82) is 0 Å². The Morgan fingerprint density at radius 2 is 1.79 bits per heavy atom. The minimum atomic E-state index is 0.202. The standard InChI is InChI=1S/C24H29NO3/c26-24(21-9-5-2-6-10-21)25-13-14-28-23-12-11-20(15-22(23)16-25)18-27-17-19-7-3-1-4-8-19/h1,3-4,7-8,11-12,15,21H,2,5-6,9-10,13-14,16-18H2. The summed E-state index contributed by atoms with van der Waals surface area (Å²) in [5, 5.41) is 0. The zero-order valence-electron chi connectivity index (χ0n) is 16.4. The van der Waals surface area contributed by atoms with E-state index >= 15 is 0 Å². The molecular weight excluding hydrogens is 350 g/mol. The van der Waals surface area contributed by atoms with E-state index in [1.807, 2.05) is 29.2 Å². The fourth-order valence-electron chi connectivity index (χ4n) is 4.19. The lowest BCUT2D eigenvalue weighted by atomic mass is 9.88.